The van der Waals surface area contributed by atoms with Crippen molar-refractivity contribution < 1.29 is 9.53 Å². The van der Waals surface area contributed by atoms with Crippen molar-refractivity contribution in [3.63, 3.8) is 0 Å². The highest BCUT2D eigenvalue weighted by Gasteiger charge is 2.28. The largest absolute Gasteiger partial charge is 0.379 e. The number of aromatic nitrogens is 3. The fourth-order valence-electron chi connectivity index (χ4n) is 2.50. The van der Waals surface area contributed by atoms with Crippen LogP contribution in [-0.2, 0) is 4.74 Å². The molecule has 3 heterocycles. The highest BCUT2D eigenvalue weighted by Crippen LogP contribution is 2.14. The van der Waals surface area contributed by atoms with Gasteiger partial charge in [-0.15, -0.1) is 0 Å². The molecule has 22 heavy (non-hydrogen) atoms. The third-order valence-electron chi connectivity index (χ3n) is 3.62. The molecule has 2 aromatic heterocycles. The molecule has 0 aliphatic carbocycles. The first-order valence-corrected chi connectivity index (χ1v) is 7.30. The monoisotopic (exact) mass is 301 g/mol. The van der Waals surface area contributed by atoms with Crippen LogP contribution in [0.4, 0.5) is 5.82 Å². The summed E-state index contributed by atoms with van der Waals surface area (Å²) in [5.74, 6) is 1.33. The summed E-state index contributed by atoms with van der Waals surface area (Å²) in [6.45, 7) is 3.00. The molecule has 3 N–H and O–H groups in total. The van der Waals surface area contributed by atoms with Crippen LogP contribution in [0.1, 0.15) is 22.7 Å². The Balaban J connectivity index is 1.67. The van der Waals surface area contributed by atoms with Gasteiger partial charge in [0.15, 0.2) is 0 Å². The molecule has 0 radical (unpaired) electrons. The van der Waals surface area contributed by atoms with Crippen molar-refractivity contribution in [1.29, 1.82) is 0 Å². The van der Waals surface area contributed by atoms with E-state index in [-0.39, 0.29) is 18.0 Å². The lowest BCUT2D eigenvalue weighted by Gasteiger charge is -2.33. The minimum Gasteiger partial charge on any atom is -0.379 e. The number of anilines is 1. The molecule has 3 rings (SSSR count). The molecular formula is C15H19N5O2. The Hall–Kier alpha value is -2.41. The zero-order valence-electron chi connectivity index (χ0n) is 12.4. The van der Waals surface area contributed by atoms with Crippen molar-refractivity contribution in [1.82, 2.24) is 20.3 Å². The normalized spacial score (nSPS) is 21.3. The van der Waals surface area contributed by atoms with Crippen molar-refractivity contribution in [3.8, 4) is 0 Å². The Morgan fingerprint density at radius 3 is 3.09 bits per heavy atom. The first-order chi connectivity index (χ1) is 10.7. The second-order valence-electron chi connectivity index (χ2n) is 5.27. The summed E-state index contributed by atoms with van der Waals surface area (Å²) in [4.78, 5) is 23.5. The van der Waals surface area contributed by atoms with E-state index in [0.717, 1.165) is 12.2 Å². The zero-order chi connectivity index (χ0) is 15.4. The van der Waals surface area contributed by atoms with E-state index in [1.807, 2.05) is 13.0 Å². The SMILES string of the molecule is Cc1nccc(N[C@@H]2COCC[C@@H]2NC(=O)c2ccc[nH]2)n1. The van der Waals surface area contributed by atoms with Crippen LogP contribution in [-0.4, -0.2) is 46.2 Å². The van der Waals surface area contributed by atoms with Gasteiger partial charge >= 0.3 is 0 Å². The van der Waals surface area contributed by atoms with Crippen LogP contribution in [0.5, 0.6) is 0 Å². The van der Waals surface area contributed by atoms with Crippen LogP contribution >= 0.6 is 0 Å². The van der Waals surface area contributed by atoms with Gasteiger partial charge < -0.3 is 20.4 Å². The van der Waals surface area contributed by atoms with Crippen molar-refractivity contribution >= 4 is 11.7 Å². The zero-order valence-corrected chi connectivity index (χ0v) is 12.4. The van der Waals surface area contributed by atoms with Crippen molar-refractivity contribution in [2.24, 2.45) is 0 Å². The molecule has 116 valence electrons. The van der Waals surface area contributed by atoms with Crippen LogP contribution in [0.25, 0.3) is 0 Å². The van der Waals surface area contributed by atoms with Gasteiger partial charge in [0.25, 0.3) is 5.91 Å². The smallest absolute Gasteiger partial charge is 0.267 e. The fourth-order valence-corrected chi connectivity index (χ4v) is 2.50. The molecule has 1 saturated heterocycles. The van der Waals surface area contributed by atoms with Gasteiger partial charge in [-0.05, 0) is 31.5 Å². The van der Waals surface area contributed by atoms with Gasteiger partial charge in [0, 0.05) is 19.0 Å². The molecule has 2 aromatic rings. The second kappa shape index (κ2) is 6.57. The maximum Gasteiger partial charge on any atom is 0.267 e. The number of amides is 1. The third kappa shape index (κ3) is 3.43. The van der Waals surface area contributed by atoms with Gasteiger partial charge in [0.1, 0.15) is 17.3 Å². The van der Waals surface area contributed by atoms with Crippen molar-refractivity contribution in [2.75, 3.05) is 18.5 Å². The van der Waals surface area contributed by atoms with Gasteiger partial charge in [0.05, 0.1) is 18.7 Å². The molecular weight excluding hydrogens is 282 g/mol. The van der Waals surface area contributed by atoms with Gasteiger partial charge in [0.2, 0.25) is 0 Å². The van der Waals surface area contributed by atoms with E-state index in [0.29, 0.717) is 24.7 Å². The van der Waals surface area contributed by atoms with E-state index < -0.39 is 0 Å². The number of nitrogens with one attached hydrogen (secondary N) is 3. The van der Waals surface area contributed by atoms with E-state index in [2.05, 4.69) is 25.6 Å². The second-order valence-corrected chi connectivity index (χ2v) is 5.27. The van der Waals surface area contributed by atoms with E-state index >= 15 is 0 Å². The Kier molecular flexibility index (Phi) is 4.34. The first kappa shape index (κ1) is 14.5. The number of rotatable bonds is 4. The number of hydrogen-bond donors (Lipinski definition) is 3. The first-order valence-electron chi connectivity index (χ1n) is 7.30. The number of nitrogens with zero attached hydrogens (tertiary/aromatic N) is 2. The number of hydrogen-bond acceptors (Lipinski definition) is 5. The van der Waals surface area contributed by atoms with Gasteiger partial charge in [-0.2, -0.15) is 0 Å². The quantitative estimate of drug-likeness (QED) is 0.787. The highest BCUT2D eigenvalue weighted by atomic mass is 16.5. The van der Waals surface area contributed by atoms with E-state index in [1.54, 1.807) is 24.5 Å². The summed E-state index contributed by atoms with van der Waals surface area (Å²) < 4.78 is 5.52. The van der Waals surface area contributed by atoms with Gasteiger partial charge in [-0.3, -0.25) is 4.79 Å². The standard InChI is InChI=1S/C15H19N5O2/c1-10-16-7-4-14(18-10)19-13-9-22-8-5-11(13)20-15(21)12-3-2-6-17-12/h2-4,6-7,11,13,17H,5,8-9H2,1H3,(H,20,21)(H,16,18,19)/t11-,13+/m0/s1. The van der Waals surface area contributed by atoms with E-state index in [4.69, 9.17) is 4.74 Å². The van der Waals surface area contributed by atoms with Crippen molar-refractivity contribution in [2.45, 2.75) is 25.4 Å². The number of carbonyl (C=O) groups is 1. The summed E-state index contributed by atoms with van der Waals surface area (Å²) in [6.07, 6.45) is 4.20. The average Bonchev–Trinajstić information content (AvgIpc) is 3.04. The topological polar surface area (TPSA) is 91.9 Å². The Bertz CT molecular complexity index is 629. The van der Waals surface area contributed by atoms with Crippen LogP contribution in [0, 0.1) is 6.92 Å². The Labute approximate surface area is 128 Å². The summed E-state index contributed by atoms with van der Waals surface area (Å²) in [5, 5.41) is 6.37. The minimum absolute atomic E-state index is 0.0141. The molecule has 0 unspecified atom stereocenters. The van der Waals surface area contributed by atoms with E-state index in [1.165, 1.54) is 0 Å². The molecule has 0 bridgehead atoms. The van der Waals surface area contributed by atoms with Crippen LogP contribution in [0.15, 0.2) is 30.6 Å². The molecule has 0 spiro atoms. The highest BCUT2D eigenvalue weighted by molar-refractivity contribution is 5.92. The Morgan fingerprint density at radius 2 is 2.32 bits per heavy atom. The molecule has 1 aliphatic rings. The van der Waals surface area contributed by atoms with Gasteiger partial charge in [-0.1, -0.05) is 0 Å². The number of H-pyrrole nitrogens is 1. The lowest BCUT2D eigenvalue weighted by Crippen LogP contribution is -2.52. The maximum absolute atomic E-state index is 12.2. The number of carbonyl (C=O) groups excluding carboxylic acids is 1. The lowest BCUT2D eigenvalue weighted by atomic mass is 10.0. The van der Waals surface area contributed by atoms with E-state index in [9.17, 15) is 4.79 Å². The summed E-state index contributed by atoms with van der Waals surface area (Å²) >= 11 is 0. The summed E-state index contributed by atoms with van der Waals surface area (Å²) in [5.41, 5.74) is 0.558. The molecule has 0 aromatic carbocycles. The van der Waals surface area contributed by atoms with Crippen LogP contribution in [0.3, 0.4) is 0 Å². The lowest BCUT2D eigenvalue weighted by molar-refractivity contribution is 0.0618. The molecule has 2 atom stereocenters. The number of aryl methyl sites for hydroxylation is 1. The average molecular weight is 301 g/mol. The van der Waals surface area contributed by atoms with Gasteiger partial charge in [-0.25, -0.2) is 9.97 Å². The predicted molar refractivity (Wildman–Crippen MR) is 81.7 cm³/mol. The molecule has 0 saturated carbocycles. The molecule has 1 aliphatic heterocycles. The number of ether oxygens (including phenoxy) is 1. The Morgan fingerprint density at radius 1 is 1.41 bits per heavy atom. The van der Waals surface area contributed by atoms with Crippen molar-refractivity contribution in [3.05, 3.63) is 42.1 Å². The molecule has 1 fully saturated rings. The maximum atomic E-state index is 12.2. The molecule has 1 amide bonds. The minimum atomic E-state index is -0.109. The summed E-state index contributed by atoms with van der Waals surface area (Å²) in [7, 11) is 0. The predicted octanol–water partition coefficient (Wildman–Crippen LogP) is 1.11. The van der Waals surface area contributed by atoms with Crippen LogP contribution < -0.4 is 10.6 Å². The summed E-state index contributed by atoms with van der Waals surface area (Å²) in [6, 6.07) is 5.33. The molecule has 7 nitrogen and oxygen atoms in total. The third-order valence-corrected chi connectivity index (χ3v) is 3.62. The van der Waals surface area contributed by atoms with Crippen LogP contribution in [0.2, 0.25) is 0 Å². The fraction of sp³-hybridized carbons (Fsp3) is 0.400. The molecule has 7 heteroatoms. The number of aromatic amines is 1.